The maximum absolute atomic E-state index is 6.18. The van der Waals surface area contributed by atoms with Crippen LogP contribution in [0.5, 0.6) is 0 Å². The monoisotopic (exact) mass is 319 g/mol. The molecule has 0 saturated carbocycles. The first kappa shape index (κ1) is 14.5. The summed E-state index contributed by atoms with van der Waals surface area (Å²) in [5, 5.41) is 5.68. The van der Waals surface area contributed by atoms with Gasteiger partial charge in [0.05, 0.1) is 11.1 Å². The van der Waals surface area contributed by atoms with Gasteiger partial charge in [-0.1, -0.05) is 47.5 Å². The first-order chi connectivity index (χ1) is 10.1. The molecular formula is C17H15Cl2NO. The Morgan fingerprint density at radius 1 is 1.05 bits per heavy atom. The highest BCUT2D eigenvalue weighted by Gasteiger charge is 2.18. The molecule has 2 aromatic carbocycles. The molecule has 3 rings (SSSR count). The van der Waals surface area contributed by atoms with E-state index in [9.17, 15) is 0 Å². The van der Waals surface area contributed by atoms with Crippen molar-refractivity contribution in [1.29, 1.82) is 0 Å². The third kappa shape index (κ3) is 2.67. The summed E-state index contributed by atoms with van der Waals surface area (Å²) in [5.41, 5.74) is 2.87. The summed E-state index contributed by atoms with van der Waals surface area (Å²) < 4.78 is 5.95. The van der Waals surface area contributed by atoms with E-state index in [2.05, 4.69) is 11.4 Å². The van der Waals surface area contributed by atoms with Crippen LogP contribution in [-0.2, 0) is 0 Å². The Bertz CT molecular complexity index is 795. The van der Waals surface area contributed by atoms with Crippen molar-refractivity contribution < 1.29 is 4.42 Å². The predicted molar refractivity (Wildman–Crippen MR) is 88.3 cm³/mol. The smallest absolute Gasteiger partial charge is 0.152 e. The van der Waals surface area contributed by atoms with E-state index < -0.39 is 0 Å². The van der Waals surface area contributed by atoms with E-state index in [0.29, 0.717) is 5.02 Å². The molecule has 0 amide bonds. The minimum absolute atomic E-state index is 0.0376. The minimum atomic E-state index is -0.0376. The Morgan fingerprint density at radius 3 is 2.52 bits per heavy atom. The van der Waals surface area contributed by atoms with Crippen molar-refractivity contribution in [2.75, 3.05) is 7.05 Å². The van der Waals surface area contributed by atoms with E-state index in [1.807, 2.05) is 50.4 Å². The van der Waals surface area contributed by atoms with Gasteiger partial charge in [-0.25, -0.2) is 0 Å². The lowest BCUT2D eigenvalue weighted by Gasteiger charge is -2.15. The standard InChI is InChI=1S/C17H15Cl2NO/c1-10-8-11(6-7-13(10)18)16(20-2)15-9-12-4-3-5-14(19)17(12)21-15/h3-9,16,20H,1-2H3. The highest BCUT2D eigenvalue weighted by molar-refractivity contribution is 6.34. The Morgan fingerprint density at radius 2 is 1.86 bits per heavy atom. The van der Waals surface area contributed by atoms with Gasteiger partial charge in [0.15, 0.2) is 5.58 Å². The van der Waals surface area contributed by atoms with Gasteiger partial charge in [0.1, 0.15) is 5.76 Å². The number of para-hydroxylation sites is 1. The summed E-state index contributed by atoms with van der Waals surface area (Å²) in [6.45, 7) is 1.99. The quantitative estimate of drug-likeness (QED) is 0.703. The topological polar surface area (TPSA) is 25.2 Å². The largest absolute Gasteiger partial charge is 0.457 e. The molecule has 1 aromatic heterocycles. The van der Waals surface area contributed by atoms with Gasteiger partial charge in [-0.2, -0.15) is 0 Å². The zero-order valence-corrected chi connectivity index (χ0v) is 13.3. The van der Waals surface area contributed by atoms with Crippen molar-refractivity contribution in [3.63, 3.8) is 0 Å². The number of hydrogen-bond acceptors (Lipinski definition) is 2. The number of hydrogen-bond donors (Lipinski definition) is 1. The van der Waals surface area contributed by atoms with Crippen LogP contribution in [0.4, 0.5) is 0 Å². The predicted octanol–water partition coefficient (Wildman–Crippen LogP) is 5.36. The van der Waals surface area contributed by atoms with Gasteiger partial charge >= 0.3 is 0 Å². The maximum atomic E-state index is 6.18. The molecule has 21 heavy (non-hydrogen) atoms. The zero-order chi connectivity index (χ0) is 15.0. The minimum Gasteiger partial charge on any atom is -0.457 e. The fourth-order valence-electron chi connectivity index (χ4n) is 2.51. The number of furan rings is 1. The lowest BCUT2D eigenvalue weighted by Crippen LogP contribution is -2.17. The Balaban J connectivity index is 2.09. The van der Waals surface area contributed by atoms with Crippen LogP contribution in [0.1, 0.15) is 22.9 Å². The fourth-order valence-corrected chi connectivity index (χ4v) is 2.85. The van der Waals surface area contributed by atoms with Gasteiger partial charge in [-0.05, 0) is 43.3 Å². The van der Waals surface area contributed by atoms with E-state index in [-0.39, 0.29) is 6.04 Å². The van der Waals surface area contributed by atoms with Crippen LogP contribution in [0.25, 0.3) is 11.0 Å². The molecule has 0 bridgehead atoms. The third-order valence-electron chi connectivity index (χ3n) is 3.60. The van der Waals surface area contributed by atoms with Crippen LogP contribution < -0.4 is 5.32 Å². The summed E-state index contributed by atoms with van der Waals surface area (Å²) in [5.74, 6) is 0.835. The fraction of sp³-hybridized carbons (Fsp3) is 0.176. The van der Waals surface area contributed by atoms with Crippen LogP contribution in [0.2, 0.25) is 10.0 Å². The number of fused-ring (bicyclic) bond motifs is 1. The molecule has 3 aromatic rings. The summed E-state index contributed by atoms with van der Waals surface area (Å²) in [6, 6.07) is 13.7. The van der Waals surface area contributed by atoms with Crippen LogP contribution in [0, 0.1) is 6.92 Å². The van der Waals surface area contributed by atoms with E-state index in [1.165, 1.54) is 0 Å². The zero-order valence-electron chi connectivity index (χ0n) is 11.8. The number of benzene rings is 2. The molecule has 0 aliphatic rings. The SMILES string of the molecule is CNC(c1ccc(Cl)c(C)c1)c1cc2cccc(Cl)c2o1. The first-order valence-corrected chi connectivity index (χ1v) is 7.47. The van der Waals surface area contributed by atoms with E-state index in [0.717, 1.165) is 32.9 Å². The Labute approximate surface area is 133 Å². The number of halogens is 2. The van der Waals surface area contributed by atoms with Crippen LogP contribution in [0.3, 0.4) is 0 Å². The molecule has 0 spiro atoms. The van der Waals surface area contributed by atoms with Gasteiger partial charge in [-0.3, -0.25) is 0 Å². The van der Waals surface area contributed by atoms with Gasteiger partial charge < -0.3 is 9.73 Å². The van der Waals surface area contributed by atoms with Crippen molar-refractivity contribution in [1.82, 2.24) is 5.32 Å². The first-order valence-electron chi connectivity index (χ1n) is 6.71. The second-order valence-corrected chi connectivity index (χ2v) is 5.85. The molecule has 2 nitrogen and oxygen atoms in total. The maximum Gasteiger partial charge on any atom is 0.152 e. The Hall–Kier alpha value is -1.48. The number of nitrogens with one attached hydrogen (secondary N) is 1. The van der Waals surface area contributed by atoms with Crippen molar-refractivity contribution in [3.8, 4) is 0 Å². The molecule has 1 atom stereocenters. The van der Waals surface area contributed by atoms with Crippen LogP contribution in [0.15, 0.2) is 46.9 Å². The van der Waals surface area contributed by atoms with E-state index in [4.69, 9.17) is 27.6 Å². The lowest BCUT2D eigenvalue weighted by atomic mass is 10.0. The van der Waals surface area contributed by atoms with Crippen LogP contribution in [-0.4, -0.2) is 7.05 Å². The molecule has 0 radical (unpaired) electrons. The summed E-state index contributed by atoms with van der Waals surface area (Å²) in [4.78, 5) is 0. The highest BCUT2D eigenvalue weighted by Crippen LogP contribution is 2.32. The molecule has 1 unspecified atom stereocenters. The molecule has 0 fully saturated rings. The second-order valence-electron chi connectivity index (χ2n) is 5.04. The summed E-state index contributed by atoms with van der Waals surface area (Å²) in [6.07, 6.45) is 0. The van der Waals surface area contributed by atoms with Crippen LogP contribution >= 0.6 is 23.2 Å². The average molecular weight is 320 g/mol. The average Bonchev–Trinajstić information content (AvgIpc) is 2.89. The van der Waals surface area contributed by atoms with Crippen molar-refractivity contribution in [2.45, 2.75) is 13.0 Å². The molecule has 0 saturated heterocycles. The van der Waals surface area contributed by atoms with E-state index in [1.54, 1.807) is 0 Å². The second kappa shape index (κ2) is 5.72. The lowest BCUT2D eigenvalue weighted by molar-refractivity contribution is 0.491. The molecule has 4 heteroatoms. The van der Waals surface area contributed by atoms with Crippen molar-refractivity contribution >= 4 is 34.2 Å². The third-order valence-corrected chi connectivity index (χ3v) is 4.33. The normalized spacial score (nSPS) is 12.8. The van der Waals surface area contributed by atoms with Gasteiger partial charge in [-0.15, -0.1) is 0 Å². The van der Waals surface area contributed by atoms with E-state index >= 15 is 0 Å². The van der Waals surface area contributed by atoms with Crippen molar-refractivity contribution in [2.24, 2.45) is 0 Å². The summed E-state index contributed by atoms with van der Waals surface area (Å²) in [7, 11) is 1.91. The van der Waals surface area contributed by atoms with Crippen molar-refractivity contribution in [3.05, 3.63) is 69.4 Å². The van der Waals surface area contributed by atoms with Gasteiger partial charge in [0, 0.05) is 10.4 Å². The highest BCUT2D eigenvalue weighted by atomic mass is 35.5. The van der Waals surface area contributed by atoms with Gasteiger partial charge in [0.2, 0.25) is 0 Å². The number of rotatable bonds is 3. The molecule has 0 aliphatic carbocycles. The molecule has 1 heterocycles. The molecule has 108 valence electrons. The number of aryl methyl sites for hydroxylation is 1. The molecule has 0 aliphatic heterocycles. The van der Waals surface area contributed by atoms with Gasteiger partial charge in [0.25, 0.3) is 0 Å². The molecule has 1 N–H and O–H groups in total. The Kier molecular flexibility index (Phi) is 3.94. The summed E-state index contributed by atoms with van der Waals surface area (Å²) >= 11 is 12.3. The molecular weight excluding hydrogens is 305 g/mol.